The van der Waals surface area contributed by atoms with E-state index in [0.29, 0.717) is 25.2 Å². The van der Waals surface area contributed by atoms with Crippen molar-refractivity contribution in [2.75, 3.05) is 19.6 Å². The van der Waals surface area contributed by atoms with Gasteiger partial charge in [0.05, 0.1) is 5.75 Å². The van der Waals surface area contributed by atoms with Gasteiger partial charge in [0, 0.05) is 25.2 Å². The standard InChI is InChI=1S/C13H19FN2O2S/c1-13(2)10-15-7-8-16(13)19(17,18)9-11-3-5-12(14)6-4-11/h3-6,15H,7-10H2,1-2H3. The van der Waals surface area contributed by atoms with Crippen molar-refractivity contribution in [1.29, 1.82) is 0 Å². The molecule has 19 heavy (non-hydrogen) atoms. The van der Waals surface area contributed by atoms with Crippen LogP contribution in [0.25, 0.3) is 0 Å². The first-order valence-corrected chi connectivity index (χ1v) is 7.88. The zero-order valence-electron chi connectivity index (χ0n) is 11.2. The Kier molecular flexibility index (Phi) is 3.94. The van der Waals surface area contributed by atoms with Crippen molar-refractivity contribution in [3.05, 3.63) is 35.6 Å². The molecule has 1 aromatic rings. The zero-order valence-corrected chi connectivity index (χ0v) is 12.0. The molecule has 0 spiro atoms. The van der Waals surface area contributed by atoms with Crippen LogP contribution in [0.4, 0.5) is 4.39 Å². The second kappa shape index (κ2) is 5.19. The fourth-order valence-electron chi connectivity index (χ4n) is 2.35. The molecule has 106 valence electrons. The predicted molar refractivity (Wildman–Crippen MR) is 72.7 cm³/mol. The fourth-order valence-corrected chi connectivity index (χ4v) is 4.31. The third-order valence-corrected chi connectivity index (χ3v) is 5.37. The number of benzene rings is 1. The van der Waals surface area contributed by atoms with Crippen LogP contribution < -0.4 is 5.32 Å². The van der Waals surface area contributed by atoms with Gasteiger partial charge >= 0.3 is 0 Å². The SMILES string of the molecule is CC1(C)CNCCN1S(=O)(=O)Cc1ccc(F)cc1. The van der Waals surface area contributed by atoms with E-state index in [-0.39, 0.29) is 11.6 Å². The highest BCUT2D eigenvalue weighted by Gasteiger charge is 2.37. The first-order valence-electron chi connectivity index (χ1n) is 6.27. The average Bonchev–Trinajstić information content (AvgIpc) is 2.31. The molecule has 0 unspecified atom stereocenters. The lowest BCUT2D eigenvalue weighted by Gasteiger charge is -2.41. The first-order chi connectivity index (χ1) is 8.81. The van der Waals surface area contributed by atoms with Crippen molar-refractivity contribution < 1.29 is 12.8 Å². The van der Waals surface area contributed by atoms with Crippen LogP contribution in [-0.4, -0.2) is 37.9 Å². The minimum absolute atomic E-state index is 0.0866. The summed E-state index contributed by atoms with van der Waals surface area (Å²) in [6, 6.07) is 5.60. The molecule has 0 radical (unpaired) electrons. The van der Waals surface area contributed by atoms with Gasteiger partial charge in [-0.25, -0.2) is 12.8 Å². The zero-order chi connectivity index (χ0) is 14.1. The van der Waals surface area contributed by atoms with Crippen molar-refractivity contribution >= 4 is 10.0 Å². The van der Waals surface area contributed by atoms with E-state index in [1.54, 1.807) is 4.31 Å². The second-order valence-electron chi connectivity index (χ2n) is 5.44. The van der Waals surface area contributed by atoms with Crippen LogP contribution in [0.2, 0.25) is 0 Å². The molecule has 0 saturated carbocycles. The number of hydrogen-bond donors (Lipinski definition) is 1. The van der Waals surface area contributed by atoms with Crippen LogP contribution in [-0.2, 0) is 15.8 Å². The van der Waals surface area contributed by atoms with Crippen LogP contribution in [0.5, 0.6) is 0 Å². The minimum Gasteiger partial charge on any atom is -0.314 e. The summed E-state index contributed by atoms with van der Waals surface area (Å²) in [6.07, 6.45) is 0. The summed E-state index contributed by atoms with van der Waals surface area (Å²) in [5, 5.41) is 3.19. The van der Waals surface area contributed by atoms with Gasteiger partial charge in [-0.2, -0.15) is 4.31 Å². The van der Waals surface area contributed by atoms with Crippen LogP contribution in [0.1, 0.15) is 19.4 Å². The van der Waals surface area contributed by atoms with Crippen molar-refractivity contribution in [3.63, 3.8) is 0 Å². The number of nitrogens with zero attached hydrogens (tertiary/aromatic N) is 1. The average molecular weight is 286 g/mol. The Hall–Kier alpha value is -0.980. The molecule has 0 aromatic heterocycles. The lowest BCUT2D eigenvalue weighted by molar-refractivity contribution is 0.185. The number of rotatable bonds is 3. The Morgan fingerprint density at radius 1 is 1.32 bits per heavy atom. The highest BCUT2D eigenvalue weighted by molar-refractivity contribution is 7.88. The Labute approximate surface area is 113 Å². The lowest BCUT2D eigenvalue weighted by Crippen LogP contribution is -2.59. The van der Waals surface area contributed by atoms with Gasteiger partial charge in [-0.3, -0.25) is 0 Å². The maximum atomic E-state index is 12.8. The molecule has 2 rings (SSSR count). The summed E-state index contributed by atoms with van der Waals surface area (Å²) in [4.78, 5) is 0. The van der Waals surface area contributed by atoms with Crippen molar-refractivity contribution in [1.82, 2.24) is 9.62 Å². The van der Waals surface area contributed by atoms with E-state index < -0.39 is 15.6 Å². The van der Waals surface area contributed by atoms with Crippen LogP contribution in [0.3, 0.4) is 0 Å². The quantitative estimate of drug-likeness (QED) is 0.912. The Balaban J connectivity index is 2.20. The van der Waals surface area contributed by atoms with Gasteiger partial charge in [0.15, 0.2) is 0 Å². The number of piperazine rings is 1. The van der Waals surface area contributed by atoms with Crippen molar-refractivity contribution in [3.8, 4) is 0 Å². The normalized spacial score (nSPS) is 20.4. The lowest BCUT2D eigenvalue weighted by atomic mass is 10.0. The Morgan fingerprint density at radius 2 is 1.95 bits per heavy atom. The van der Waals surface area contributed by atoms with E-state index in [4.69, 9.17) is 0 Å². The number of hydrogen-bond acceptors (Lipinski definition) is 3. The number of nitrogens with one attached hydrogen (secondary N) is 1. The Bertz CT molecular complexity index is 540. The third-order valence-electron chi connectivity index (χ3n) is 3.32. The van der Waals surface area contributed by atoms with Crippen molar-refractivity contribution in [2.24, 2.45) is 0 Å². The summed E-state index contributed by atoms with van der Waals surface area (Å²) in [5.74, 6) is -0.444. The molecule has 1 saturated heterocycles. The van der Waals surface area contributed by atoms with Gasteiger partial charge in [-0.15, -0.1) is 0 Å². The van der Waals surface area contributed by atoms with Gasteiger partial charge in [0.25, 0.3) is 0 Å². The van der Waals surface area contributed by atoms with Gasteiger partial charge in [0.1, 0.15) is 5.82 Å². The maximum Gasteiger partial charge on any atom is 0.218 e. The molecule has 6 heteroatoms. The fraction of sp³-hybridized carbons (Fsp3) is 0.538. The van der Waals surface area contributed by atoms with E-state index >= 15 is 0 Å². The molecule has 1 aromatic carbocycles. The van der Waals surface area contributed by atoms with E-state index in [1.807, 2.05) is 13.8 Å². The number of halogens is 1. The van der Waals surface area contributed by atoms with Crippen molar-refractivity contribution in [2.45, 2.75) is 25.1 Å². The largest absolute Gasteiger partial charge is 0.314 e. The minimum atomic E-state index is -3.39. The summed E-state index contributed by atoms with van der Waals surface area (Å²) in [5.41, 5.74) is 0.174. The topological polar surface area (TPSA) is 49.4 Å². The van der Waals surface area contributed by atoms with Gasteiger partial charge in [-0.1, -0.05) is 12.1 Å². The molecule has 0 bridgehead atoms. The molecular weight excluding hydrogens is 267 g/mol. The molecule has 0 atom stereocenters. The maximum absolute atomic E-state index is 12.8. The number of sulfonamides is 1. The molecule has 4 nitrogen and oxygen atoms in total. The molecule has 1 heterocycles. The van der Waals surface area contributed by atoms with Gasteiger partial charge in [-0.05, 0) is 31.5 Å². The molecule has 1 aliphatic heterocycles. The van der Waals surface area contributed by atoms with Gasteiger partial charge in [0.2, 0.25) is 10.0 Å². The van der Waals surface area contributed by atoms with Gasteiger partial charge < -0.3 is 5.32 Å². The summed E-state index contributed by atoms with van der Waals surface area (Å²) in [6.45, 7) is 5.57. The highest BCUT2D eigenvalue weighted by Crippen LogP contribution is 2.23. The van der Waals surface area contributed by atoms with E-state index in [1.165, 1.54) is 24.3 Å². The molecular formula is C13H19FN2O2S. The van der Waals surface area contributed by atoms with E-state index in [0.717, 1.165) is 0 Å². The molecule has 0 aliphatic carbocycles. The Morgan fingerprint density at radius 3 is 2.53 bits per heavy atom. The summed E-state index contributed by atoms with van der Waals surface area (Å²) >= 11 is 0. The smallest absolute Gasteiger partial charge is 0.218 e. The first kappa shape index (κ1) is 14.4. The second-order valence-corrected chi connectivity index (χ2v) is 7.34. The molecule has 0 amide bonds. The monoisotopic (exact) mass is 286 g/mol. The molecule has 1 N–H and O–H groups in total. The van der Waals surface area contributed by atoms with E-state index in [2.05, 4.69) is 5.32 Å². The van der Waals surface area contributed by atoms with Crippen LogP contribution >= 0.6 is 0 Å². The highest BCUT2D eigenvalue weighted by atomic mass is 32.2. The molecule has 1 aliphatic rings. The summed E-state index contributed by atoms with van der Waals surface area (Å²) < 4.78 is 39.3. The molecule has 1 fully saturated rings. The summed E-state index contributed by atoms with van der Waals surface area (Å²) in [7, 11) is -3.39. The van der Waals surface area contributed by atoms with Crippen LogP contribution in [0.15, 0.2) is 24.3 Å². The predicted octanol–water partition coefficient (Wildman–Crippen LogP) is 1.34. The van der Waals surface area contributed by atoms with E-state index in [9.17, 15) is 12.8 Å². The third kappa shape index (κ3) is 3.32. The van der Waals surface area contributed by atoms with Crippen LogP contribution in [0, 0.1) is 5.82 Å².